The second-order valence-corrected chi connectivity index (χ2v) is 7.10. The molecule has 2 aliphatic rings. The molecular formula is C17H30N2O2. The summed E-state index contributed by atoms with van der Waals surface area (Å²) in [6.45, 7) is 9.57. The molecule has 1 atom stereocenters. The van der Waals surface area contributed by atoms with Gasteiger partial charge in [0.15, 0.2) is 0 Å². The van der Waals surface area contributed by atoms with E-state index in [0.29, 0.717) is 11.8 Å². The summed E-state index contributed by atoms with van der Waals surface area (Å²) >= 11 is 0. The van der Waals surface area contributed by atoms with E-state index in [0.717, 1.165) is 26.1 Å². The van der Waals surface area contributed by atoms with Crippen molar-refractivity contribution >= 4 is 5.91 Å². The molecule has 120 valence electrons. The largest absolute Gasteiger partial charge is 0.396 e. The SMILES string of the molecule is CC1=C(CCN2CCNC(=O)C2CCO)C(C)(C)CCC1. The zero-order chi connectivity index (χ0) is 15.5. The lowest BCUT2D eigenvalue weighted by Crippen LogP contribution is -2.55. The van der Waals surface area contributed by atoms with Crippen molar-refractivity contribution in [2.24, 2.45) is 5.41 Å². The van der Waals surface area contributed by atoms with E-state index in [4.69, 9.17) is 0 Å². The first-order valence-corrected chi connectivity index (χ1v) is 8.27. The highest BCUT2D eigenvalue weighted by atomic mass is 16.3. The van der Waals surface area contributed by atoms with Gasteiger partial charge in [0, 0.05) is 26.2 Å². The lowest BCUT2D eigenvalue weighted by atomic mass is 9.71. The molecular weight excluding hydrogens is 264 g/mol. The molecule has 2 rings (SSSR count). The molecule has 0 bridgehead atoms. The minimum absolute atomic E-state index is 0.0712. The number of piperazine rings is 1. The molecule has 0 aromatic heterocycles. The highest BCUT2D eigenvalue weighted by Gasteiger charge is 2.32. The molecule has 4 heteroatoms. The predicted molar refractivity (Wildman–Crippen MR) is 85.0 cm³/mol. The lowest BCUT2D eigenvalue weighted by Gasteiger charge is -2.38. The molecule has 1 heterocycles. The third-order valence-corrected chi connectivity index (χ3v) is 5.18. The van der Waals surface area contributed by atoms with Crippen molar-refractivity contribution in [1.82, 2.24) is 10.2 Å². The van der Waals surface area contributed by atoms with E-state index in [1.54, 1.807) is 11.1 Å². The van der Waals surface area contributed by atoms with Crippen LogP contribution < -0.4 is 5.32 Å². The standard InChI is InChI=1S/C17H30N2O2/c1-13-5-4-8-17(2,3)14(13)6-10-19-11-9-18-16(21)15(19)7-12-20/h15,20H,4-12H2,1-3H3,(H,18,21). The highest BCUT2D eigenvalue weighted by molar-refractivity contribution is 5.82. The Morgan fingerprint density at radius 2 is 2.19 bits per heavy atom. The minimum Gasteiger partial charge on any atom is -0.396 e. The summed E-state index contributed by atoms with van der Waals surface area (Å²) in [5.74, 6) is 0.0731. The Balaban J connectivity index is 2.02. The van der Waals surface area contributed by atoms with Crippen molar-refractivity contribution in [3.05, 3.63) is 11.1 Å². The summed E-state index contributed by atoms with van der Waals surface area (Å²) in [7, 11) is 0. The Morgan fingerprint density at radius 1 is 1.43 bits per heavy atom. The van der Waals surface area contributed by atoms with Gasteiger partial charge in [-0.15, -0.1) is 0 Å². The number of aliphatic hydroxyl groups excluding tert-OH is 1. The molecule has 1 amide bonds. The number of allylic oxidation sites excluding steroid dienone is 1. The maximum Gasteiger partial charge on any atom is 0.237 e. The van der Waals surface area contributed by atoms with Crippen LogP contribution in [0.5, 0.6) is 0 Å². The molecule has 1 fully saturated rings. The fraction of sp³-hybridized carbons (Fsp3) is 0.824. The van der Waals surface area contributed by atoms with Gasteiger partial charge in [-0.25, -0.2) is 0 Å². The Kier molecular flexibility index (Phi) is 5.44. The van der Waals surface area contributed by atoms with Gasteiger partial charge in [0.2, 0.25) is 5.91 Å². The van der Waals surface area contributed by atoms with Crippen LogP contribution in [0.3, 0.4) is 0 Å². The van der Waals surface area contributed by atoms with E-state index in [1.807, 2.05) is 0 Å². The maximum atomic E-state index is 12.0. The molecule has 1 unspecified atom stereocenters. The molecule has 21 heavy (non-hydrogen) atoms. The highest BCUT2D eigenvalue weighted by Crippen LogP contribution is 2.41. The Hall–Kier alpha value is -0.870. The molecule has 1 aliphatic heterocycles. The average molecular weight is 294 g/mol. The Labute approximate surface area is 128 Å². The van der Waals surface area contributed by atoms with Gasteiger partial charge < -0.3 is 10.4 Å². The molecule has 2 N–H and O–H groups in total. The van der Waals surface area contributed by atoms with Gasteiger partial charge in [0.05, 0.1) is 6.04 Å². The maximum absolute atomic E-state index is 12.0. The van der Waals surface area contributed by atoms with Crippen LogP contribution in [-0.2, 0) is 4.79 Å². The summed E-state index contributed by atoms with van der Waals surface area (Å²) in [5.41, 5.74) is 3.43. The van der Waals surface area contributed by atoms with E-state index in [9.17, 15) is 9.90 Å². The topological polar surface area (TPSA) is 52.6 Å². The van der Waals surface area contributed by atoms with Crippen LogP contribution in [0.15, 0.2) is 11.1 Å². The van der Waals surface area contributed by atoms with Crippen molar-refractivity contribution in [1.29, 1.82) is 0 Å². The van der Waals surface area contributed by atoms with Crippen LogP contribution in [0.1, 0.15) is 52.9 Å². The smallest absolute Gasteiger partial charge is 0.237 e. The van der Waals surface area contributed by atoms with Crippen molar-refractivity contribution < 1.29 is 9.90 Å². The first-order valence-electron chi connectivity index (χ1n) is 8.27. The molecule has 1 aliphatic carbocycles. The van der Waals surface area contributed by atoms with E-state index < -0.39 is 0 Å². The fourth-order valence-corrected chi connectivity index (χ4v) is 3.95. The van der Waals surface area contributed by atoms with Crippen LogP contribution >= 0.6 is 0 Å². The predicted octanol–water partition coefficient (Wildman–Crippen LogP) is 2.09. The number of carbonyl (C=O) groups is 1. The van der Waals surface area contributed by atoms with Crippen molar-refractivity contribution in [2.75, 3.05) is 26.2 Å². The average Bonchev–Trinajstić information content (AvgIpc) is 2.41. The zero-order valence-electron chi connectivity index (χ0n) is 13.7. The van der Waals surface area contributed by atoms with Crippen molar-refractivity contribution in [2.45, 2.75) is 58.9 Å². The summed E-state index contributed by atoms with van der Waals surface area (Å²) in [6.07, 6.45) is 5.36. The minimum atomic E-state index is -0.156. The second-order valence-electron chi connectivity index (χ2n) is 7.10. The quantitative estimate of drug-likeness (QED) is 0.763. The van der Waals surface area contributed by atoms with E-state index in [-0.39, 0.29) is 18.6 Å². The number of carbonyl (C=O) groups excluding carboxylic acids is 1. The Morgan fingerprint density at radius 3 is 2.86 bits per heavy atom. The van der Waals surface area contributed by atoms with Crippen molar-refractivity contribution in [3.8, 4) is 0 Å². The van der Waals surface area contributed by atoms with Crippen LogP contribution in [0.25, 0.3) is 0 Å². The van der Waals surface area contributed by atoms with E-state index in [2.05, 4.69) is 31.0 Å². The fourth-order valence-electron chi connectivity index (χ4n) is 3.95. The van der Waals surface area contributed by atoms with Gasteiger partial charge in [-0.3, -0.25) is 9.69 Å². The van der Waals surface area contributed by atoms with Gasteiger partial charge in [-0.1, -0.05) is 25.0 Å². The van der Waals surface area contributed by atoms with E-state index >= 15 is 0 Å². The molecule has 0 aromatic carbocycles. The summed E-state index contributed by atoms with van der Waals surface area (Å²) in [4.78, 5) is 14.2. The van der Waals surface area contributed by atoms with Gasteiger partial charge in [-0.05, 0) is 44.4 Å². The number of hydrogen-bond acceptors (Lipinski definition) is 3. The first-order chi connectivity index (χ1) is 9.95. The number of aliphatic hydroxyl groups is 1. The molecule has 4 nitrogen and oxygen atoms in total. The first kappa shape index (κ1) is 16.5. The van der Waals surface area contributed by atoms with Gasteiger partial charge >= 0.3 is 0 Å². The summed E-state index contributed by atoms with van der Waals surface area (Å²) < 4.78 is 0. The molecule has 0 aromatic rings. The third-order valence-electron chi connectivity index (χ3n) is 5.18. The molecule has 0 spiro atoms. The van der Waals surface area contributed by atoms with Crippen LogP contribution in [0.4, 0.5) is 0 Å². The van der Waals surface area contributed by atoms with Gasteiger partial charge in [0.1, 0.15) is 0 Å². The molecule has 1 saturated heterocycles. The monoisotopic (exact) mass is 294 g/mol. The second kappa shape index (κ2) is 6.93. The number of rotatable bonds is 5. The van der Waals surface area contributed by atoms with Crippen LogP contribution in [-0.4, -0.2) is 48.2 Å². The number of nitrogens with one attached hydrogen (secondary N) is 1. The number of nitrogens with zero attached hydrogens (tertiary/aromatic N) is 1. The summed E-state index contributed by atoms with van der Waals surface area (Å²) in [5, 5.41) is 12.1. The van der Waals surface area contributed by atoms with Gasteiger partial charge in [0.25, 0.3) is 0 Å². The van der Waals surface area contributed by atoms with Crippen LogP contribution in [0, 0.1) is 5.41 Å². The summed E-state index contributed by atoms with van der Waals surface area (Å²) in [6, 6.07) is -0.156. The van der Waals surface area contributed by atoms with Crippen LogP contribution in [0.2, 0.25) is 0 Å². The lowest BCUT2D eigenvalue weighted by molar-refractivity contribution is -0.129. The normalized spacial score (nSPS) is 26.9. The third kappa shape index (κ3) is 3.86. The molecule has 0 radical (unpaired) electrons. The van der Waals surface area contributed by atoms with Gasteiger partial charge in [-0.2, -0.15) is 0 Å². The van der Waals surface area contributed by atoms with E-state index in [1.165, 1.54) is 19.3 Å². The zero-order valence-corrected chi connectivity index (χ0v) is 13.7. The van der Waals surface area contributed by atoms with Crippen molar-refractivity contribution in [3.63, 3.8) is 0 Å². The number of amides is 1. The molecule has 0 saturated carbocycles. The Bertz CT molecular complexity index is 415. The number of hydrogen-bond donors (Lipinski definition) is 2.